The molecule has 2 heterocycles. The van der Waals surface area contributed by atoms with E-state index in [1.165, 1.54) is 55.2 Å². The Hall–Kier alpha value is -6.52. The number of para-hydroxylation sites is 1. The molecular weight excluding hydrogens is 633 g/mol. The van der Waals surface area contributed by atoms with Gasteiger partial charge in [-0.2, -0.15) is 0 Å². The molecule has 1 aromatic heterocycles. The molecule has 1 atom stereocenters. The lowest BCUT2D eigenvalue weighted by atomic mass is 9.81. The van der Waals surface area contributed by atoms with Crippen molar-refractivity contribution in [3.05, 3.63) is 198 Å². The minimum atomic E-state index is -0.256. The van der Waals surface area contributed by atoms with Crippen LogP contribution >= 0.6 is 0 Å². The van der Waals surface area contributed by atoms with Gasteiger partial charge in [-0.05, 0) is 69.3 Å². The van der Waals surface area contributed by atoms with Crippen LogP contribution in [0.1, 0.15) is 47.8 Å². The van der Waals surface area contributed by atoms with Gasteiger partial charge in [0.05, 0.1) is 11.0 Å². The molecule has 0 radical (unpaired) electrons. The lowest BCUT2D eigenvalue weighted by Crippen LogP contribution is -2.33. The molecule has 0 saturated carbocycles. The zero-order valence-corrected chi connectivity index (χ0v) is 29.1. The molecule has 0 spiro atoms. The highest BCUT2D eigenvalue weighted by Gasteiger charge is 2.35. The average molecular weight is 669 g/mol. The van der Waals surface area contributed by atoms with Gasteiger partial charge in [0.25, 0.3) is 0 Å². The Balaban J connectivity index is 1.11. The number of nitrogens with zero attached hydrogens (tertiary/aromatic N) is 3. The van der Waals surface area contributed by atoms with Gasteiger partial charge >= 0.3 is 0 Å². The van der Waals surface area contributed by atoms with Crippen molar-refractivity contribution in [2.24, 2.45) is 9.98 Å². The molecule has 1 aliphatic carbocycles. The van der Waals surface area contributed by atoms with Crippen LogP contribution in [0.4, 0.5) is 0 Å². The number of nitrogens with one attached hydrogen (secondary N) is 1. The molecule has 10 rings (SSSR count). The minimum Gasteiger partial charge on any atom is -0.344 e. The molecule has 248 valence electrons. The first-order chi connectivity index (χ1) is 25.5. The summed E-state index contributed by atoms with van der Waals surface area (Å²) in [5, 5.41) is 6.04. The lowest BCUT2D eigenvalue weighted by molar-refractivity contribution is 0.660. The van der Waals surface area contributed by atoms with E-state index in [4.69, 9.17) is 9.98 Å². The first-order valence-corrected chi connectivity index (χ1v) is 18.0. The monoisotopic (exact) mass is 668 g/mol. The number of rotatable bonds is 5. The summed E-state index contributed by atoms with van der Waals surface area (Å²) in [6.07, 6.45) is -0.256. The number of aliphatic imine (C=N–C) groups is 2. The number of hydrogen-bond donors (Lipinski definition) is 1. The van der Waals surface area contributed by atoms with Crippen LogP contribution in [0, 0.1) is 0 Å². The molecule has 1 aliphatic heterocycles. The van der Waals surface area contributed by atoms with Crippen molar-refractivity contribution in [1.29, 1.82) is 0 Å². The van der Waals surface area contributed by atoms with Crippen molar-refractivity contribution in [3.63, 3.8) is 0 Å². The molecule has 0 saturated heterocycles. The third-order valence-corrected chi connectivity index (χ3v) is 10.9. The zero-order valence-electron chi connectivity index (χ0n) is 29.1. The Labute approximate surface area is 303 Å². The summed E-state index contributed by atoms with van der Waals surface area (Å²) in [4.78, 5) is 10.3. The van der Waals surface area contributed by atoms with E-state index in [1.54, 1.807) is 0 Å². The highest BCUT2D eigenvalue weighted by atomic mass is 15.2. The van der Waals surface area contributed by atoms with Crippen molar-refractivity contribution in [2.45, 2.75) is 25.4 Å². The molecule has 0 fully saturated rings. The Kier molecular flexibility index (Phi) is 6.87. The molecule has 1 unspecified atom stereocenters. The quantitative estimate of drug-likeness (QED) is 0.195. The number of benzene rings is 7. The smallest absolute Gasteiger partial charge is 0.159 e. The summed E-state index contributed by atoms with van der Waals surface area (Å²) in [7, 11) is 0. The number of amidine groups is 2. The summed E-state index contributed by atoms with van der Waals surface area (Å²) in [6.45, 7) is 4.69. The van der Waals surface area contributed by atoms with E-state index in [0.29, 0.717) is 5.84 Å². The van der Waals surface area contributed by atoms with Crippen LogP contribution in [0.5, 0.6) is 0 Å². The molecule has 2 aliphatic rings. The molecule has 0 bridgehead atoms. The second kappa shape index (κ2) is 11.8. The highest BCUT2D eigenvalue weighted by Crippen LogP contribution is 2.49. The number of fused-ring (bicyclic) bond motifs is 6. The van der Waals surface area contributed by atoms with E-state index in [-0.39, 0.29) is 11.6 Å². The molecular formula is C48H36N4. The maximum absolute atomic E-state index is 5.16. The van der Waals surface area contributed by atoms with Crippen LogP contribution in [0.3, 0.4) is 0 Å². The first kappa shape index (κ1) is 30.3. The van der Waals surface area contributed by atoms with Gasteiger partial charge in [-0.1, -0.05) is 153 Å². The van der Waals surface area contributed by atoms with E-state index in [1.807, 2.05) is 24.3 Å². The predicted octanol–water partition coefficient (Wildman–Crippen LogP) is 11.3. The standard InChI is InChI=1S/C48H36N4/c1-48(2)41-22-11-9-20-37(41)38-26-24-33(29-42(38)48)34-25-27-40-39-21-10-12-23-43(39)52(44(40)30-34)36-19-13-18-35(28-36)47-50-45(31-14-5-3-6-15-31)49-46(51-47)32-16-7-4-8-17-32/h3-30,45H,1-2H3,(H,49,50,51). The van der Waals surface area contributed by atoms with Crippen LogP contribution in [0.2, 0.25) is 0 Å². The SMILES string of the molecule is CC1(C)c2ccccc2-c2ccc(-c3ccc4c5ccccc5n(-c5cccc(C6=NC(c7ccccc7)NC(c7ccccc7)=N6)c5)c4c3)cc21. The van der Waals surface area contributed by atoms with Crippen LogP contribution in [0.15, 0.2) is 180 Å². The van der Waals surface area contributed by atoms with Crippen LogP contribution < -0.4 is 5.32 Å². The lowest BCUT2D eigenvalue weighted by Gasteiger charge is -2.23. The van der Waals surface area contributed by atoms with Gasteiger partial charge in [0, 0.05) is 33.0 Å². The van der Waals surface area contributed by atoms with Crippen molar-refractivity contribution in [2.75, 3.05) is 0 Å². The van der Waals surface area contributed by atoms with E-state index >= 15 is 0 Å². The maximum Gasteiger partial charge on any atom is 0.159 e. The minimum absolute atomic E-state index is 0.0545. The summed E-state index contributed by atoms with van der Waals surface area (Å²) in [6, 6.07) is 60.8. The van der Waals surface area contributed by atoms with Gasteiger partial charge in [-0.3, -0.25) is 0 Å². The molecule has 0 amide bonds. The fourth-order valence-corrected chi connectivity index (χ4v) is 8.22. The Morgan fingerprint density at radius 2 is 1.19 bits per heavy atom. The normalized spacial score (nSPS) is 15.8. The fraction of sp³-hybridized carbons (Fsp3) is 0.0833. The molecule has 52 heavy (non-hydrogen) atoms. The average Bonchev–Trinajstić information content (AvgIpc) is 3.66. The van der Waals surface area contributed by atoms with Gasteiger partial charge in [-0.15, -0.1) is 0 Å². The Morgan fingerprint density at radius 3 is 2.06 bits per heavy atom. The molecule has 7 aromatic carbocycles. The molecule has 4 heteroatoms. The van der Waals surface area contributed by atoms with E-state index in [9.17, 15) is 0 Å². The summed E-state index contributed by atoms with van der Waals surface area (Å²) < 4.78 is 2.39. The summed E-state index contributed by atoms with van der Waals surface area (Å²) >= 11 is 0. The van der Waals surface area contributed by atoms with Crippen LogP contribution in [0.25, 0.3) is 49.7 Å². The van der Waals surface area contributed by atoms with Crippen molar-refractivity contribution in [3.8, 4) is 27.9 Å². The first-order valence-electron chi connectivity index (χ1n) is 18.0. The van der Waals surface area contributed by atoms with Crippen molar-refractivity contribution < 1.29 is 0 Å². The third kappa shape index (κ3) is 4.83. The molecule has 4 nitrogen and oxygen atoms in total. The van der Waals surface area contributed by atoms with Crippen LogP contribution in [-0.4, -0.2) is 16.2 Å². The van der Waals surface area contributed by atoms with E-state index in [2.05, 4.69) is 169 Å². The predicted molar refractivity (Wildman–Crippen MR) is 216 cm³/mol. The second-order valence-corrected chi connectivity index (χ2v) is 14.3. The summed E-state index contributed by atoms with van der Waals surface area (Å²) in [5.41, 5.74) is 14.3. The molecule has 8 aromatic rings. The zero-order chi connectivity index (χ0) is 34.8. The largest absolute Gasteiger partial charge is 0.344 e. The third-order valence-electron chi connectivity index (χ3n) is 10.9. The molecule has 1 N–H and O–H groups in total. The fourth-order valence-electron chi connectivity index (χ4n) is 8.22. The van der Waals surface area contributed by atoms with Gasteiger partial charge in [0.15, 0.2) is 5.84 Å². The van der Waals surface area contributed by atoms with Gasteiger partial charge < -0.3 is 9.88 Å². The number of hydrogen-bond acceptors (Lipinski definition) is 3. The van der Waals surface area contributed by atoms with Gasteiger partial charge in [-0.25, -0.2) is 9.98 Å². The van der Waals surface area contributed by atoms with E-state index < -0.39 is 0 Å². The van der Waals surface area contributed by atoms with Crippen molar-refractivity contribution >= 4 is 33.5 Å². The maximum atomic E-state index is 5.16. The van der Waals surface area contributed by atoms with E-state index in [0.717, 1.165) is 28.2 Å². The van der Waals surface area contributed by atoms with Gasteiger partial charge in [0.1, 0.15) is 12.0 Å². The summed E-state index contributed by atoms with van der Waals surface area (Å²) in [5.74, 6) is 1.52. The van der Waals surface area contributed by atoms with Crippen LogP contribution in [-0.2, 0) is 5.41 Å². The number of aromatic nitrogens is 1. The second-order valence-electron chi connectivity index (χ2n) is 14.3. The van der Waals surface area contributed by atoms with Crippen molar-refractivity contribution in [1.82, 2.24) is 9.88 Å². The Bertz CT molecular complexity index is 2730. The topological polar surface area (TPSA) is 41.7 Å². The Morgan fingerprint density at radius 1 is 0.519 bits per heavy atom. The van der Waals surface area contributed by atoms with Gasteiger partial charge in [0.2, 0.25) is 0 Å². The highest BCUT2D eigenvalue weighted by molar-refractivity contribution is 6.14.